The number of thiophene rings is 2. The van der Waals surface area contributed by atoms with Gasteiger partial charge in [-0.15, -0.1) is 22.7 Å². The first kappa shape index (κ1) is 20.3. The third-order valence-corrected chi connectivity index (χ3v) is 6.57. The van der Waals surface area contributed by atoms with Gasteiger partial charge in [-0.2, -0.15) is 0 Å². The first-order valence-electron chi connectivity index (χ1n) is 9.07. The predicted octanol–water partition coefficient (Wildman–Crippen LogP) is 6.14. The Morgan fingerprint density at radius 3 is 2.36 bits per heavy atom. The molecule has 28 heavy (non-hydrogen) atoms. The number of anilines is 1. The molecule has 0 aliphatic carbocycles. The van der Waals surface area contributed by atoms with Crippen LogP contribution in [0.1, 0.15) is 47.8 Å². The second kappa shape index (κ2) is 8.29. The van der Waals surface area contributed by atoms with Crippen molar-refractivity contribution in [3.05, 3.63) is 61.7 Å². The summed E-state index contributed by atoms with van der Waals surface area (Å²) < 4.78 is 5.31. The van der Waals surface area contributed by atoms with Crippen molar-refractivity contribution in [2.24, 2.45) is 0 Å². The Kier molecular flexibility index (Phi) is 6.01. The van der Waals surface area contributed by atoms with E-state index in [0.717, 1.165) is 26.4 Å². The molecule has 1 amide bonds. The van der Waals surface area contributed by atoms with E-state index in [-0.39, 0.29) is 12.5 Å². The Balaban J connectivity index is 2.08. The molecule has 2 aromatic heterocycles. The minimum atomic E-state index is -0.419. The van der Waals surface area contributed by atoms with Gasteiger partial charge in [-0.3, -0.25) is 4.79 Å². The van der Waals surface area contributed by atoms with Crippen molar-refractivity contribution in [1.29, 1.82) is 0 Å². The van der Waals surface area contributed by atoms with E-state index in [0.29, 0.717) is 15.4 Å². The standard InChI is InChI=1S/C22H23NO3S2/c1-6-26-22(25)19-18(16-9-7-12(2)13(3)11-16)15(5)28-21(19)23-20(24)17-10-8-14(4)27-17/h7-11H,6H2,1-5H3,(H,23,24). The Morgan fingerprint density at radius 2 is 1.75 bits per heavy atom. The van der Waals surface area contributed by atoms with Gasteiger partial charge in [-0.25, -0.2) is 4.79 Å². The average molecular weight is 414 g/mol. The summed E-state index contributed by atoms with van der Waals surface area (Å²) in [6, 6.07) is 9.83. The van der Waals surface area contributed by atoms with E-state index in [4.69, 9.17) is 4.74 Å². The van der Waals surface area contributed by atoms with Gasteiger partial charge in [-0.05, 0) is 63.4 Å². The van der Waals surface area contributed by atoms with Gasteiger partial charge in [0, 0.05) is 15.3 Å². The summed E-state index contributed by atoms with van der Waals surface area (Å²) in [5.74, 6) is -0.630. The third kappa shape index (κ3) is 4.03. The SMILES string of the molecule is CCOC(=O)c1c(NC(=O)c2ccc(C)s2)sc(C)c1-c1ccc(C)c(C)c1. The first-order valence-corrected chi connectivity index (χ1v) is 10.7. The summed E-state index contributed by atoms with van der Waals surface area (Å²) in [6.45, 7) is 10.1. The number of rotatable bonds is 5. The highest BCUT2D eigenvalue weighted by molar-refractivity contribution is 7.17. The van der Waals surface area contributed by atoms with Crippen LogP contribution >= 0.6 is 22.7 Å². The van der Waals surface area contributed by atoms with Gasteiger partial charge in [-0.1, -0.05) is 18.2 Å². The van der Waals surface area contributed by atoms with Gasteiger partial charge < -0.3 is 10.1 Å². The number of carbonyl (C=O) groups excluding carboxylic acids is 2. The van der Waals surface area contributed by atoms with Crippen molar-refractivity contribution in [1.82, 2.24) is 0 Å². The molecule has 0 radical (unpaired) electrons. The van der Waals surface area contributed by atoms with Gasteiger partial charge in [0.1, 0.15) is 10.6 Å². The molecule has 0 aliphatic rings. The van der Waals surface area contributed by atoms with Gasteiger partial charge in [0.2, 0.25) is 0 Å². The van der Waals surface area contributed by atoms with E-state index in [1.54, 1.807) is 13.0 Å². The number of aryl methyl sites for hydroxylation is 4. The molecule has 3 rings (SSSR count). The van der Waals surface area contributed by atoms with Crippen LogP contribution in [0.3, 0.4) is 0 Å². The normalized spacial score (nSPS) is 10.8. The zero-order valence-electron chi connectivity index (χ0n) is 16.6. The Hall–Kier alpha value is -2.44. The number of hydrogen-bond acceptors (Lipinski definition) is 5. The number of nitrogens with one attached hydrogen (secondary N) is 1. The van der Waals surface area contributed by atoms with Gasteiger partial charge in [0.15, 0.2) is 0 Å². The fourth-order valence-electron chi connectivity index (χ4n) is 3.00. The Morgan fingerprint density at radius 1 is 1.00 bits per heavy atom. The predicted molar refractivity (Wildman–Crippen MR) is 117 cm³/mol. The summed E-state index contributed by atoms with van der Waals surface area (Å²) in [5.41, 5.74) is 4.54. The lowest BCUT2D eigenvalue weighted by Gasteiger charge is -2.10. The monoisotopic (exact) mass is 413 g/mol. The summed E-state index contributed by atoms with van der Waals surface area (Å²) in [5, 5.41) is 3.45. The third-order valence-electron chi connectivity index (χ3n) is 4.55. The molecule has 1 aromatic carbocycles. The zero-order valence-corrected chi connectivity index (χ0v) is 18.3. The topological polar surface area (TPSA) is 55.4 Å². The maximum Gasteiger partial charge on any atom is 0.341 e. The number of amides is 1. The molecule has 0 fully saturated rings. The molecule has 1 N–H and O–H groups in total. The highest BCUT2D eigenvalue weighted by atomic mass is 32.1. The molecule has 0 aliphatic heterocycles. The molecule has 0 spiro atoms. The van der Waals surface area contributed by atoms with E-state index in [2.05, 4.69) is 18.3 Å². The highest BCUT2D eigenvalue weighted by Crippen LogP contribution is 2.41. The number of ether oxygens (including phenoxy) is 1. The summed E-state index contributed by atoms with van der Waals surface area (Å²) >= 11 is 2.83. The fourth-order valence-corrected chi connectivity index (χ4v) is 4.82. The molecule has 0 bridgehead atoms. The zero-order chi connectivity index (χ0) is 20.4. The molecule has 3 aromatic rings. The molecule has 4 nitrogen and oxygen atoms in total. The Labute approximate surface area is 173 Å². The van der Waals surface area contributed by atoms with Crippen molar-refractivity contribution in [2.75, 3.05) is 11.9 Å². The van der Waals surface area contributed by atoms with Crippen molar-refractivity contribution in [3.63, 3.8) is 0 Å². The van der Waals surface area contributed by atoms with Crippen LogP contribution in [0, 0.1) is 27.7 Å². The largest absolute Gasteiger partial charge is 0.462 e. The van der Waals surface area contributed by atoms with E-state index in [1.165, 1.54) is 28.2 Å². The minimum absolute atomic E-state index is 0.212. The first-order chi connectivity index (χ1) is 13.3. The second-order valence-electron chi connectivity index (χ2n) is 6.62. The highest BCUT2D eigenvalue weighted by Gasteiger charge is 2.26. The molecular formula is C22H23NO3S2. The summed E-state index contributed by atoms with van der Waals surface area (Å²) in [6.07, 6.45) is 0. The molecule has 146 valence electrons. The van der Waals surface area contributed by atoms with Crippen LogP contribution < -0.4 is 5.32 Å². The molecule has 0 saturated carbocycles. The minimum Gasteiger partial charge on any atom is -0.462 e. The number of esters is 1. The van der Waals surface area contributed by atoms with Crippen LogP contribution in [0.25, 0.3) is 11.1 Å². The van der Waals surface area contributed by atoms with Crippen molar-refractivity contribution in [3.8, 4) is 11.1 Å². The molecule has 6 heteroatoms. The van der Waals surface area contributed by atoms with Crippen molar-refractivity contribution < 1.29 is 14.3 Å². The lowest BCUT2D eigenvalue weighted by Crippen LogP contribution is -2.13. The maximum absolute atomic E-state index is 12.8. The fraction of sp³-hybridized carbons (Fsp3) is 0.273. The van der Waals surface area contributed by atoms with Crippen LogP contribution in [-0.4, -0.2) is 18.5 Å². The quantitative estimate of drug-likeness (QED) is 0.511. The average Bonchev–Trinajstić information content (AvgIpc) is 3.21. The number of benzene rings is 1. The van der Waals surface area contributed by atoms with Crippen molar-refractivity contribution in [2.45, 2.75) is 34.6 Å². The molecule has 0 saturated heterocycles. The van der Waals surface area contributed by atoms with Gasteiger partial charge in [0.25, 0.3) is 5.91 Å². The van der Waals surface area contributed by atoms with Crippen molar-refractivity contribution >= 4 is 39.6 Å². The maximum atomic E-state index is 12.8. The molecule has 2 heterocycles. The lowest BCUT2D eigenvalue weighted by atomic mass is 9.97. The molecule has 0 atom stereocenters. The van der Waals surface area contributed by atoms with Crippen LogP contribution in [0.4, 0.5) is 5.00 Å². The van der Waals surface area contributed by atoms with Gasteiger partial charge in [0.05, 0.1) is 11.5 Å². The number of hydrogen-bond donors (Lipinski definition) is 1. The van der Waals surface area contributed by atoms with Crippen LogP contribution in [-0.2, 0) is 4.74 Å². The van der Waals surface area contributed by atoms with E-state index >= 15 is 0 Å². The van der Waals surface area contributed by atoms with E-state index < -0.39 is 5.97 Å². The summed E-state index contributed by atoms with van der Waals surface area (Å²) in [4.78, 5) is 28.1. The van der Waals surface area contributed by atoms with Gasteiger partial charge >= 0.3 is 5.97 Å². The molecular weight excluding hydrogens is 390 g/mol. The van der Waals surface area contributed by atoms with Crippen LogP contribution in [0.2, 0.25) is 0 Å². The second-order valence-corrected chi connectivity index (χ2v) is 9.13. The van der Waals surface area contributed by atoms with E-state index in [9.17, 15) is 9.59 Å². The van der Waals surface area contributed by atoms with E-state index in [1.807, 2.05) is 39.0 Å². The number of carbonyl (C=O) groups is 2. The summed E-state index contributed by atoms with van der Waals surface area (Å²) in [7, 11) is 0. The Bertz CT molecular complexity index is 1050. The smallest absolute Gasteiger partial charge is 0.341 e. The van der Waals surface area contributed by atoms with Crippen LogP contribution in [0.15, 0.2) is 30.3 Å². The van der Waals surface area contributed by atoms with Crippen LogP contribution in [0.5, 0.6) is 0 Å². The molecule has 0 unspecified atom stereocenters. The lowest BCUT2D eigenvalue weighted by molar-refractivity contribution is 0.0529.